The quantitative estimate of drug-likeness (QED) is 0.605. The highest BCUT2D eigenvalue weighted by molar-refractivity contribution is 7.08. The molecule has 3 aromatic rings. The summed E-state index contributed by atoms with van der Waals surface area (Å²) >= 11 is 1.75. The van der Waals surface area contributed by atoms with E-state index in [-0.39, 0.29) is 17.2 Å². The summed E-state index contributed by atoms with van der Waals surface area (Å²) in [5.74, 6) is -0.178. The minimum Gasteiger partial charge on any atom is -0.354 e. The molecule has 27 heavy (non-hydrogen) atoms. The summed E-state index contributed by atoms with van der Waals surface area (Å²) in [7, 11) is 0. The molecule has 2 aromatic carbocycles. The van der Waals surface area contributed by atoms with E-state index in [1.165, 1.54) is 18.4 Å². The molecule has 1 heterocycles. The lowest BCUT2D eigenvalue weighted by Gasteiger charge is -2.30. The number of carbonyl (C=O) groups excluding carboxylic acids is 1. The number of hydrogen-bond acceptors (Lipinski definition) is 2. The Morgan fingerprint density at radius 2 is 1.52 bits per heavy atom. The molecule has 1 amide bonds. The van der Waals surface area contributed by atoms with Gasteiger partial charge in [0.05, 0.1) is 5.92 Å². The smallest absolute Gasteiger partial charge is 0.232 e. The van der Waals surface area contributed by atoms with Crippen molar-refractivity contribution in [2.24, 2.45) is 0 Å². The molecular weight excluding hydrogens is 350 g/mol. The van der Waals surface area contributed by atoms with E-state index in [4.69, 9.17) is 0 Å². The predicted octanol–water partition coefficient (Wildman–Crippen LogP) is 5.51. The molecule has 1 aliphatic carbocycles. The van der Waals surface area contributed by atoms with Crippen molar-refractivity contribution >= 4 is 17.2 Å². The van der Waals surface area contributed by atoms with Crippen molar-refractivity contribution in [1.82, 2.24) is 5.32 Å². The van der Waals surface area contributed by atoms with Gasteiger partial charge in [0.15, 0.2) is 0 Å². The average molecular weight is 376 g/mol. The number of hydrogen-bond donors (Lipinski definition) is 1. The number of rotatable bonds is 6. The highest BCUT2D eigenvalue weighted by Crippen LogP contribution is 2.41. The maximum atomic E-state index is 13.3. The lowest BCUT2D eigenvalue weighted by Crippen LogP contribution is -2.41. The number of carbonyl (C=O) groups is 1. The van der Waals surface area contributed by atoms with Crippen LogP contribution >= 0.6 is 11.3 Å². The fourth-order valence-corrected chi connectivity index (χ4v) is 5.11. The highest BCUT2D eigenvalue weighted by Gasteiger charge is 2.37. The molecule has 0 saturated heterocycles. The minimum atomic E-state index is -0.270. The van der Waals surface area contributed by atoms with Gasteiger partial charge in [0.2, 0.25) is 5.91 Å². The van der Waals surface area contributed by atoms with Gasteiger partial charge in [-0.1, -0.05) is 73.5 Å². The van der Waals surface area contributed by atoms with Crippen LogP contribution in [0.15, 0.2) is 77.5 Å². The molecule has 138 valence electrons. The molecule has 1 aromatic heterocycles. The Hall–Kier alpha value is -2.39. The van der Waals surface area contributed by atoms with Crippen LogP contribution in [0.4, 0.5) is 0 Å². The Morgan fingerprint density at radius 3 is 2.04 bits per heavy atom. The van der Waals surface area contributed by atoms with Gasteiger partial charge in [-0.05, 0) is 46.4 Å². The molecule has 1 N–H and O–H groups in total. The fraction of sp³-hybridized carbons (Fsp3) is 0.292. The Kier molecular flexibility index (Phi) is 5.40. The van der Waals surface area contributed by atoms with Gasteiger partial charge in [0, 0.05) is 12.0 Å². The van der Waals surface area contributed by atoms with Gasteiger partial charge in [0.1, 0.15) is 0 Å². The SMILES string of the molecule is O=C(NCC1(c2ccsc2)CCCC1)C(c1ccccc1)c1ccccc1. The molecule has 0 radical (unpaired) electrons. The molecule has 0 atom stereocenters. The maximum absolute atomic E-state index is 13.3. The van der Waals surface area contributed by atoms with Crippen LogP contribution in [0.3, 0.4) is 0 Å². The van der Waals surface area contributed by atoms with E-state index in [2.05, 4.69) is 22.1 Å². The van der Waals surface area contributed by atoms with E-state index in [0.29, 0.717) is 0 Å². The molecule has 0 unspecified atom stereocenters. The number of benzene rings is 2. The van der Waals surface area contributed by atoms with Gasteiger partial charge in [0.25, 0.3) is 0 Å². The zero-order valence-electron chi connectivity index (χ0n) is 15.4. The van der Waals surface area contributed by atoms with E-state index >= 15 is 0 Å². The van der Waals surface area contributed by atoms with Gasteiger partial charge in [-0.15, -0.1) is 0 Å². The molecule has 1 fully saturated rings. The van der Waals surface area contributed by atoms with E-state index < -0.39 is 0 Å². The van der Waals surface area contributed by atoms with Crippen molar-refractivity contribution in [2.45, 2.75) is 37.0 Å². The van der Waals surface area contributed by atoms with Crippen molar-refractivity contribution in [3.05, 3.63) is 94.2 Å². The molecule has 0 aliphatic heterocycles. The number of amides is 1. The predicted molar refractivity (Wildman–Crippen MR) is 112 cm³/mol. The van der Waals surface area contributed by atoms with Crippen LogP contribution in [0, 0.1) is 0 Å². The van der Waals surface area contributed by atoms with Gasteiger partial charge in [-0.2, -0.15) is 11.3 Å². The van der Waals surface area contributed by atoms with Crippen molar-refractivity contribution < 1.29 is 4.79 Å². The van der Waals surface area contributed by atoms with Crippen molar-refractivity contribution in [3.8, 4) is 0 Å². The maximum Gasteiger partial charge on any atom is 0.232 e. The zero-order valence-corrected chi connectivity index (χ0v) is 16.3. The molecule has 4 rings (SSSR count). The summed E-state index contributed by atoms with van der Waals surface area (Å²) < 4.78 is 0. The summed E-state index contributed by atoms with van der Waals surface area (Å²) in [5, 5.41) is 7.72. The number of nitrogens with one attached hydrogen (secondary N) is 1. The van der Waals surface area contributed by atoms with Crippen LogP contribution in [-0.2, 0) is 10.2 Å². The van der Waals surface area contributed by atoms with E-state index in [0.717, 1.165) is 30.5 Å². The first-order chi connectivity index (χ1) is 13.3. The molecule has 0 spiro atoms. The van der Waals surface area contributed by atoms with Crippen LogP contribution in [0.1, 0.15) is 48.3 Å². The van der Waals surface area contributed by atoms with Crippen molar-refractivity contribution in [1.29, 1.82) is 0 Å². The first kappa shape index (κ1) is 18.0. The third-order valence-electron chi connectivity index (χ3n) is 5.82. The third kappa shape index (κ3) is 3.84. The lowest BCUT2D eigenvalue weighted by atomic mass is 9.80. The second-order valence-corrected chi connectivity index (χ2v) is 8.25. The lowest BCUT2D eigenvalue weighted by molar-refractivity contribution is -0.122. The van der Waals surface area contributed by atoms with Crippen molar-refractivity contribution in [3.63, 3.8) is 0 Å². The molecule has 2 nitrogen and oxygen atoms in total. The van der Waals surface area contributed by atoms with Gasteiger partial charge in [-0.25, -0.2) is 0 Å². The average Bonchev–Trinajstić information content (AvgIpc) is 3.41. The van der Waals surface area contributed by atoms with Gasteiger partial charge < -0.3 is 5.32 Å². The Bertz CT molecular complexity index is 812. The monoisotopic (exact) mass is 375 g/mol. The van der Waals surface area contributed by atoms with Crippen LogP contribution in [0.2, 0.25) is 0 Å². The normalized spacial score (nSPS) is 15.7. The summed E-state index contributed by atoms with van der Waals surface area (Å²) in [6.07, 6.45) is 4.80. The van der Waals surface area contributed by atoms with E-state index in [1.54, 1.807) is 11.3 Å². The first-order valence-electron chi connectivity index (χ1n) is 9.69. The summed E-state index contributed by atoms with van der Waals surface area (Å²) in [6.45, 7) is 0.721. The molecular formula is C24H25NOS. The standard InChI is InChI=1S/C24H25NOS/c26-23(25-18-24(14-7-8-15-24)21-13-16-27-17-21)22(19-9-3-1-4-10-19)20-11-5-2-6-12-20/h1-6,9-13,16-17,22H,7-8,14-15,18H2,(H,25,26). The van der Waals surface area contributed by atoms with Gasteiger partial charge >= 0.3 is 0 Å². The Balaban J connectivity index is 1.57. The number of thiophene rings is 1. The molecule has 1 saturated carbocycles. The Morgan fingerprint density at radius 1 is 0.926 bits per heavy atom. The summed E-state index contributed by atoms with van der Waals surface area (Å²) in [5.41, 5.74) is 3.57. The fourth-order valence-electron chi connectivity index (χ4n) is 4.33. The van der Waals surface area contributed by atoms with Crippen LogP contribution in [-0.4, -0.2) is 12.5 Å². The molecule has 1 aliphatic rings. The van der Waals surface area contributed by atoms with E-state index in [9.17, 15) is 4.79 Å². The topological polar surface area (TPSA) is 29.1 Å². The highest BCUT2D eigenvalue weighted by atomic mass is 32.1. The van der Waals surface area contributed by atoms with Crippen LogP contribution < -0.4 is 5.32 Å². The largest absolute Gasteiger partial charge is 0.354 e. The molecule has 3 heteroatoms. The van der Waals surface area contributed by atoms with Crippen LogP contribution in [0.25, 0.3) is 0 Å². The van der Waals surface area contributed by atoms with E-state index in [1.807, 2.05) is 60.7 Å². The minimum absolute atomic E-state index is 0.0916. The molecule has 0 bridgehead atoms. The summed E-state index contributed by atoms with van der Waals surface area (Å²) in [4.78, 5) is 13.3. The third-order valence-corrected chi connectivity index (χ3v) is 6.51. The second kappa shape index (κ2) is 8.10. The van der Waals surface area contributed by atoms with Crippen molar-refractivity contribution in [2.75, 3.05) is 6.54 Å². The summed E-state index contributed by atoms with van der Waals surface area (Å²) in [6, 6.07) is 22.4. The Labute approximate surface area is 165 Å². The van der Waals surface area contributed by atoms with Crippen LogP contribution in [0.5, 0.6) is 0 Å². The second-order valence-electron chi connectivity index (χ2n) is 7.47. The zero-order chi connectivity index (χ0) is 18.5. The van der Waals surface area contributed by atoms with Gasteiger partial charge in [-0.3, -0.25) is 4.79 Å². The first-order valence-corrected chi connectivity index (χ1v) is 10.6.